The number of alkyl halides is 1. The van der Waals surface area contributed by atoms with Gasteiger partial charge in [-0.25, -0.2) is 12.7 Å². The molecule has 1 saturated carbocycles. The van der Waals surface area contributed by atoms with Crippen molar-refractivity contribution in [3.8, 4) is 0 Å². The molecule has 1 fully saturated rings. The molecule has 0 N–H and O–H groups in total. The predicted molar refractivity (Wildman–Crippen MR) is 87.4 cm³/mol. The van der Waals surface area contributed by atoms with Gasteiger partial charge in [0, 0.05) is 24.5 Å². The zero-order valence-electron chi connectivity index (χ0n) is 12.2. The van der Waals surface area contributed by atoms with Crippen molar-refractivity contribution in [1.82, 2.24) is 4.31 Å². The summed E-state index contributed by atoms with van der Waals surface area (Å²) >= 11 is 11.8. The minimum atomic E-state index is -3.47. The molecule has 6 heteroatoms. The molecule has 118 valence electrons. The van der Waals surface area contributed by atoms with Crippen LogP contribution >= 0.6 is 23.2 Å². The third kappa shape index (κ3) is 4.13. The van der Waals surface area contributed by atoms with Crippen molar-refractivity contribution in [1.29, 1.82) is 0 Å². The Bertz CT molecular complexity index is 583. The fraction of sp³-hybridized carbons (Fsp3) is 0.600. The van der Waals surface area contributed by atoms with Crippen LogP contribution in [0.25, 0.3) is 0 Å². The Morgan fingerprint density at radius 2 is 1.90 bits per heavy atom. The minimum absolute atomic E-state index is 0.203. The normalized spacial score (nSPS) is 17.3. The van der Waals surface area contributed by atoms with Crippen molar-refractivity contribution in [2.75, 3.05) is 13.6 Å². The molecule has 0 aliphatic heterocycles. The highest BCUT2D eigenvalue weighted by Gasteiger charge is 2.25. The third-order valence-electron chi connectivity index (χ3n) is 4.11. The fourth-order valence-corrected chi connectivity index (χ4v) is 4.60. The van der Waals surface area contributed by atoms with Crippen LogP contribution in [0.3, 0.4) is 0 Å². The van der Waals surface area contributed by atoms with E-state index in [9.17, 15) is 8.42 Å². The average Bonchev–Trinajstić information content (AvgIpc) is 2.48. The van der Waals surface area contributed by atoms with Gasteiger partial charge in [-0.1, -0.05) is 30.9 Å². The Hall–Kier alpha value is -0.290. The summed E-state index contributed by atoms with van der Waals surface area (Å²) in [5, 5.41) is 0.499. The molecule has 1 aliphatic rings. The number of hydrogen-bond donors (Lipinski definition) is 0. The lowest BCUT2D eigenvalue weighted by Gasteiger charge is -2.26. The van der Waals surface area contributed by atoms with Crippen molar-refractivity contribution in [2.45, 2.75) is 42.9 Å². The van der Waals surface area contributed by atoms with Crippen LogP contribution in [0, 0.1) is 5.92 Å². The first kappa shape index (κ1) is 17.1. The maximum absolute atomic E-state index is 12.6. The van der Waals surface area contributed by atoms with Gasteiger partial charge in [0.05, 0.1) is 4.90 Å². The summed E-state index contributed by atoms with van der Waals surface area (Å²) in [7, 11) is -1.82. The number of nitrogens with zero attached hydrogens (tertiary/aromatic N) is 1. The second-order valence-electron chi connectivity index (χ2n) is 5.68. The van der Waals surface area contributed by atoms with Gasteiger partial charge in [0.2, 0.25) is 10.0 Å². The van der Waals surface area contributed by atoms with Gasteiger partial charge in [-0.05, 0) is 42.5 Å². The largest absolute Gasteiger partial charge is 0.242 e. The molecule has 1 aliphatic carbocycles. The van der Waals surface area contributed by atoms with Crippen LogP contribution in [0.15, 0.2) is 23.1 Å². The molecule has 0 aromatic heterocycles. The summed E-state index contributed by atoms with van der Waals surface area (Å²) in [6.07, 6.45) is 5.91. The van der Waals surface area contributed by atoms with Crippen LogP contribution in [0.4, 0.5) is 0 Å². The molecule has 0 radical (unpaired) electrons. The molecule has 0 heterocycles. The Balaban J connectivity index is 2.16. The van der Waals surface area contributed by atoms with E-state index in [1.165, 1.54) is 23.6 Å². The number of benzene rings is 1. The van der Waals surface area contributed by atoms with Gasteiger partial charge in [0.25, 0.3) is 0 Å². The molecule has 1 aromatic rings. The van der Waals surface area contributed by atoms with Gasteiger partial charge >= 0.3 is 0 Å². The van der Waals surface area contributed by atoms with Gasteiger partial charge in [0.15, 0.2) is 0 Å². The second kappa shape index (κ2) is 7.32. The highest BCUT2D eigenvalue weighted by atomic mass is 35.5. The van der Waals surface area contributed by atoms with E-state index in [1.807, 2.05) is 0 Å². The molecule has 0 spiro atoms. The minimum Gasteiger partial charge on any atom is -0.207 e. The monoisotopic (exact) mass is 349 g/mol. The van der Waals surface area contributed by atoms with E-state index in [0.717, 1.165) is 12.8 Å². The molecule has 1 aromatic carbocycles. The maximum atomic E-state index is 12.6. The van der Waals surface area contributed by atoms with E-state index in [2.05, 4.69) is 0 Å². The zero-order valence-corrected chi connectivity index (χ0v) is 14.5. The lowest BCUT2D eigenvalue weighted by atomic mass is 9.89. The van der Waals surface area contributed by atoms with Crippen molar-refractivity contribution in [3.05, 3.63) is 28.8 Å². The van der Waals surface area contributed by atoms with Crippen molar-refractivity contribution in [3.63, 3.8) is 0 Å². The Kier molecular flexibility index (Phi) is 5.95. The quantitative estimate of drug-likeness (QED) is 0.744. The molecule has 0 amide bonds. The standard InChI is InChI=1S/C15H21Cl2NO2S/c1-18(11-12-5-3-2-4-6-12)21(19,20)14-7-8-15(17)13(9-14)10-16/h7-9,12H,2-6,10-11H2,1H3. The van der Waals surface area contributed by atoms with E-state index in [1.54, 1.807) is 25.2 Å². The van der Waals surface area contributed by atoms with Gasteiger partial charge in [-0.2, -0.15) is 0 Å². The summed E-state index contributed by atoms with van der Waals surface area (Å²) < 4.78 is 26.7. The Morgan fingerprint density at radius 1 is 1.24 bits per heavy atom. The molecule has 3 nitrogen and oxygen atoms in total. The summed E-state index contributed by atoms with van der Waals surface area (Å²) in [6, 6.07) is 4.72. The predicted octanol–water partition coefficient (Wildman–Crippen LogP) is 4.28. The summed E-state index contributed by atoms with van der Waals surface area (Å²) in [6.45, 7) is 0.584. The van der Waals surface area contributed by atoms with Crippen LogP contribution in [0.2, 0.25) is 5.02 Å². The first-order valence-electron chi connectivity index (χ1n) is 7.26. The van der Waals surface area contributed by atoms with Crippen LogP contribution in [-0.2, 0) is 15.9 Å². The number of hydrogen-bond acceptors (Lipinski definition) is 2. The van der Waals surface area contributed by atoms with Crippen molar-refractivity contribution >= 4 is 33.2 Å². The molecule has 0 saturated heterocycles. The number of rotatable bonds is 5. The topological polar surface area (TPSA) is 37.4 Å². The van der Waals surface area contributed by atoms with Crippen LogP contribution in [0.5, 0.6) is 0 Å². The van der Waals surface area contributed by atoms with E-state index in [0.29, 0.717) is 23.0 Å². The maximum Gasteiger partial charge on any atom is 0.242 e. The first-order valence-corrected chi connectivity index (χ1v) is 9.61. The van der Waals surface area contributed by atoms with Crippen LogP contribution in [-0.4, -0.2) is 26.3 Å². The first-order chi connectivity index (χ1) is 9.95. The second-order valence-corrected chi connectivity index (χ2v) is 8.40. The Labute approximate surface area is 137 Å². The van der Waals surface area contributed by atoms with E-state index in [4.69, 9.17) is 23.2 Å². The summed E-state index contributed by atoms with van der Waals surface area (Å²) in [4.78, 5) is 0.265. The molecule has 21 heavy (non-hydrogen) atoms. The van der Waals surface area contributed by atoms with Crippen LogP contribution in [0.1, 0.15) is 37.7 Å². The molecule has 0 atom stereocenters. The smallest absolute Gasteiger partial charge is 0.207 e. The molecular weight excluding hydrogens is 329 g/mol. The van der Waals surface area contributed by atoms with E-state index >= 15 is 0 Å². The van der Waals surface area contributed by atoms with Gasteiger partial charge in [-0.15, -0.1) is 11.6 Å². The number of sulfonamides is 1. The number of halogens is 2. The fourth-order valence-electron chi connectivity index (χ4n) is 2.83. The van der Waals surface area contributed by atoms with Crippen molar-refractivity contribution in [2.24, 2.45) is 5.92 Å². The van der Waals surface area contributed by atoms with Crippen LogP contribution < -0.4 is 0 Å². The van der Waals surface area contributed by atoms with Gasteiger partial charge in [-0.3, -0.25) is 0 Å². The lowest BCUT2D eigenvalue weighted by Crippen LogP contribution is -2.32. The zero-order chi connectivity index (χ0) is 15.5. The summed E-state index contributed by atoms with van der Waals surface area (Å²) in [5.41, 5.74) is 0.644. The third-order valence-corrected chi connectivity index (χ3v) is 6.59. The highest BCUT2D eigenvalue weighted by molar-refractivity contribution is 7.89. The van der Waals surface area contributed by atoms with E-state index in [-0.39, 0.29) is 10.8 Å². The molecule has 0 bridgehead atoms. The Morgan fingerprint density at radius 3 is 2.52 bits per heavy atom. The lowest BCUT2D eigenvalue weighted by molar-refractivity contribution is 0.300. The van der Waals surface area contributed by atoms with Gasteiger partial charge < -0.3 is 0 Å². The molecular formula is C15H21Cl2NO2S. The summed E-state index contributed by atoms with van der Waals surface area (Å²) in [5.74, 6) is 0.674. The van der Waals surface area contributed by atoms with E-state index < -0.39 is 10.0 Å². The van der Waals surface area contributed by atoms with Crippen molar-refractivity contribution < 1.29 is 8.42 Å². The average molecular weight is 350 g/mol. The molecule has 2 rings (SSSR count). The SMILES string of the molecule is CN(CC1CCCCC1)S(=O)(=O)c1ccc(Cl)c(CCl)c1. The highest BCUT2D eigenvalue weighted by Crippen LogP contribution is 2.27. The van der Waals surface area contributed by atoms with Gasteiger partial charge in [0.1, 0.15) is 0 Å². The molecule has 0 unspecified atom stereocenters.